The summed E-state index contributed by atoms with van der Waals surface area (Å²) in [5.41, 5.74) is 3.15. The number of benzene rings is 2. The van der Waals surface area contributed by atoms with Gasteiger partial charge in [0.05, 0.1) is 6.04 Å². The van der Waals surface area contributed by atoms with Gasteiger partial charge in [-0.05, 0) is 48.9 Å². The van der Waals surface area contributed by atoms with Gasteiger partial charge in [-0.25, -0.2) is 9.82 Å². The zero-order valence-electron chi connectivity index (χ0n) is 11.3. The molecule has 6 heteroatoms. The second kappa shape index (κ2) is 7.09. The Hall–Kier alpha value is -1.33. The van der Waals surface area contributed by atoms with E-state index in [2.05, 4.69) is 5.43 Å². The highest BCUT2D eigenvalue weighted by Crippen LogP contribution is 2.28. The van der Waals surface area contributed by atoms with Gasteiger partial charge in [0.2, 0.25) is 0 Å². The molecule has 112 valence electrons. The highest BCUT2D eigenvalue weighted by atomic mass is 35.5. The van der Waals surface area contributed by atoms with Crippen molar-refractivity contribution in [2.45, 2.75) is 19.1 Å². The molecule has 2 rings (SSSR count). The van der Waals surface area contributed by atoms with E-state index >= 15 is 0 Å². The quantitative estimate of drug-likeness (QED) is 0.641. The van der Waals surface area contributed by atoms with Crippen molar-refractivity contribution in [1.82, 2.24) is 5.43 Å². The molecule has 0 radical (unpaired) electrons. The van der Waals surface area contributed by atoms with E-state index < -0.39 is 6.04 Å². The predicted molar refractivity (Wildman–Crippen MR) is 83.0 cm³/mol. The van der Waals surface area contributed by atoms with Gasteiger partial charge >= 0.3 is 0 Å². The number of rotatable bonds is 5. The molecule has 2 aromatic rings. The van der Waals surface area contributed by atoms with Crippen LogP contribution in [0, 0.1) is 5.82 Å². The minimum Gasteiger partial charge on any atom is -0.489 e. The van der Waals surface area contributed by atoms with Crippen LogP contribution >= 0.6 is 23.2 Å². The average molecular weight is 329 g/mol. The fourth-order valence-electron chi connectivity index (χ4n) is 2.05. The lowest BCUT2D eigenvalue weighted by Gasteiger charge is -2.25. The first-order valence-corrected chi connectivity index (χ1v) is 7.10. The molecule has 0 aliphatic rings. The van der Waals surface area contributed by atoms with E-state index in [0.717, 1.165) is 0 Å². The van der Waals surface area contributed by atoms with Crippen LogP contribution < -0.4 is 16.0 Å². The van der Waals surface area contributed by atoms with E-state index in [4.69, 9.17) is 33.8 Å². The van der Waals surface area contributed by atoms with Crippen LogP contribution in [0.25, 0.3) is 0 Å². The summed E-state index contributed by atoms with van der Waals surface area (Å²) in [6, 6.07) is 10.7. The van der Waals surface area contributed by atoms with Gasteiger partial charge in [-0.15, -0.1) is 0 Å². The van der Waals surface area contributed by atoms with Crippen LogP contribution in [0.5, 0.6) is 5.75 Å². The Labute approximate surface area is 132 Å². The van der Waals surface area contributed by atoms with Gasteiger partial charge < -0.3 is 4.74 Å². The third-order valence-electron chi connectivity index (χ3n) is 3.06. The van der Waals surface area contributed by atoms with Crippen molar-refractivity contribution >= 4 is 23.2 Å². The molecule has 0 aliphatic carbocycles. The number of nitrogens with two attached hydrogens (primary N) is 1. The van der Waals surface area contributed by atoms with Gasteiger partial charge in [-0.2, -0.15) is 0 Å². The Kier molecular flexibility index (Phi) is 5.42. The molecule has 0 saturated carbocycles. The predicted octanol–water partition coefficient (Wildman–Crippen LogP) is 4.10. The summed E-state index contributed by atoms with van der Waals surface area (Å²) in [6.07, 6.45) is -0.382. The van der Waals surface area contributed by atoms with Gasteiger partial charge in [-0.1, -0.05) is 29.3 Å². The highest BCUT2D eigenvalue weighted by molar-refractivity contribution is 6.31. The third kappa shape index (κ3) is 4.08. The summed E-state index contributed by atoms with van der Waals surface area (Å²) in [5, 5.41) is 0.988. The van der Waals surface area contributed by atoms with Crippen LogP contribution in [0.2, 0.25) is 10.0 Å². The van der Waals surface area contributed by atoms with Crippen LogP contribution in [0.3, 0.4) is 0 Å². The molecule has 3 nitrogen and oxygen atoms in total. The van der Waals surface area contributed by atoms with Crippen molar-refractivity contribution in [3.63, 3.8) is 0 Å². The lowest BCUT2D eigenvalue weighted by molar-refractivity contribution is 0.171. The zero-order chi connectivity index (χ0) is 15.4. The molecular weight excluding hydrogens is 314 g/mol. The van der Waals surface area contributed by atoms with Gasteiger partial charge in [0.1, 0.15) is 17.7 Å². The third-order valence-corrected chi connectivity index (χ3v) is 3.64. The van der Waals surface area contributed by atoms with Gasteiger partial charge in [0.25, 0.3) is 0 Å². The normalized spacial score (nSPS) is 13.8. The van der Waals surface area contributed by atoms with Gasteiger partial charge in [0.15, 0.2) is 0 Å². The van der Waals surface area contributed by atoms with E-state index in [-0.39, 0.29) is 11.9 Å². The Morgan fingerprint density at radius 3 is 2.62 bits per heavy atom. The largest absolute Gasteiger partial charge is 0.489 e. The molecule has 0 spiro atoms. The van der Waals surface area contributed by atoms with Gasteiger partial charge in [0, 0.05) is 10.0 Å². The Bertz CT molecular complexity index is 624. The second-order valence-electron chi connectivity index (χ2n) is 4.59. The van der Waals surface area contributed by atoms with Crippen molar-refractivity contribution in [3.05, 3.63) is 63.9 Å². The highest BCUT2D eigenvalue weighted by Gasteiger charge is 2.22. The van der Waals surface area contributed by atoms with Crippen LogP contribution in [0.1, 0.15) is 18.5 Å². The topological polar surface area (TPSA) is 47.3 Å². The summed E-state index contributed by atoms with van der Waals surface area (Å²) in [6.45, 7) is 1.81. The second-order valence-corrected chi connectivity index (χ2v) is 5.43. The van der Waals surface area contributed by atoms with E-state index in [1.165, 1.54) is 18.2 Å². The molecule has 0 bridgehead atoms. The Morgan fingerprint density at radius 1 is 1.19 bits per heavy atom. The number of hydrazine groups is 1. The molecule has 21 heavy (non-hydrogen) atoms. The molecule has 2 unspecified atom stereocenters. The summed E-state index contributed by atoms with van der Waals surface area (Å²) in [7, 11) is 0. The minimum absolute atomic E-state index is 0.382. The lowest BCUT2D eigenvalue weighted by Crippen LogP contribution is -2.38. The number of hydrogen-bond donors (Lipinski definition) is 2. The molecule has 3 N–H and O–H groups in total. The standard InChI is InChI=1S/C15H15Cl2FN2O/c1-9(21-12-4-2-3-10(16)7-12)15(20-19)13-8-11(18)5-6-14(13)17/h2-9,15,20H,19H2,1H3. The molecule has 0 fully saturated rings. The van der Waals surface area contributed by atoms with Crippen molar-refractivity contribution in [2.75, 3.05) is 0 Å². The molecule has 0 heterocycles. The van der Waals surface area contributed by atoms with Crippen molar-refractivity contribution in [3.8, 4) is 5.75 Å². The van der Waals surface area contributed by atoms with Crippen LogP contribution in [-0.2, 0) is 0 Å². The van der Waals surface area contributed by atoms with Crippen molar-refractivity contribution in [2.24, 2.45) is 5.84 Å². The van der Waals surface area contributed by atoms with E-state index in [0.29, 0.717) is 21.4 Å². The number of halogens is 3. The smallest absolute Gasteiger partial charge is 0.123 e. The molecule has 0 aliphatic heterocycles. The van der Waals surface area contributed by atoms with Crippen molar-refractivity contribution < 1.29 is 9.13 Å². The molecule has 0 aromatic heterocycles. The Balaban J connectivity index is 2.22. The maximum absolute atomic E-state index is 13.4. The molecule has 2 atom stereocenters. The van der Waals surface area contributed by atoms with E-state index in [1.54, 1.807) is 24.3 Å². The van der Waals surface area contributed by atoms with Crippen molar-refractivity contribution in [1.29, 1.82) is 0 Å². The van der Waals surface area contributed by atoms with E-state index in [9.17, 15) is 4.39 Å². The maximum Gasteiger partial charge on any atom is 0.123 e. The van der Waals surface area contributed by atoms with Crippen LogP contribution in [0.4, 0.5) is 4.39 Å². The number of hydrogen-bond acceptors (Lipinski definition) is 3. The van der Waals surface area contributed by atoms with Crippen LogP contribution in [0.15, 0.2) is 42.5 Å². The Morgan fingerprint density at radius 2 is 1.95 bits per heavy atom. The summed E-state index contributed by atoms with van der Waals surface area (Å²) < 4.78 is 19.2. The molecule has 0 amide bonds. The monoisotopic (exact) mass is 328 g/mol. The maximum atomic E-state index is 13.4. The van der Waals surface area contributed by atoms with Crippen LogP contribution in [-0.4, -0.2) is 6.10 Å². The number of nitrogens with one attached hydrogen (secondary N) is 1. The lowest BCUT2D eigenvalue weighted by atomic mass is 10.0. The van der Waals surface area contributed by atoms with E-state index in [1.807, 2.05) is 6.92 Å². The molecule has 2 aromatic carbocycles. The first-order chi connectivity index (χ1) is 10.0. The molecular formula is C15H15Cl2FN2O. The summed E-state index contributed by atoms with van der Waals surface area (Å²) in [4.78, 5) is 0. The fraction of sp³-hybridized carbons (Fsp3) is 0.200. The van der Waals surface area contributed by atoms with Gasteiger partial charge in [-0.3, -0.25) is 5.84 Å². The SMILES string of the molecule is CC(Oc1cccc(Cl)c1)C(NN)c1cc(F)ccc1Cl. The molecule has 0 saturated heterocycles. The summed E-state index contributed by atoms with van der Waals surface area (Å²) in [5.74, 6) is 5.79. The average Bonchev–Trinajstić information content (AvgIpc) is 2.43. The zero-order valence-corrected chi connectivity index (χ0v) is 12.8. The first kappa shape index (κ1) is 16.0. The minimum atomic E-state index is -0.466. The first-order valence-electron chi connectivity index (χ1n) is 6.34. The summed E-state index contributed by atoms with van der Waals surface area (Å²) >= 11 is 12.0. The fourth-order valence-corrected chi connectivity index (χ4v) is 2.47. The number of ether oxygens (including phenoxy) is 1.